The van der Waals surface area contributed by atoms with Gasteiger partial charge in [-0.3, -0.25) is 0 Å². The lowest BCUT2D eigenvalue weighted by Gasteiger charge is -2.09. The van der Waals surface area contributed by atoms with E-state index in [9.17, 15) is 0 Å². The lowest BCUT2D eigenvalue weighted by molar-refractivity contribution is 1.02. The molecule has 3 aromatic heterocycles. The Labute approximate surface area is 264 Å². The van der Waals surface area contributed by atoms with E-state index < -0.39 is 0 Å². The maximum Gasteiger partial charge on any atom is 0.0541 e. The van der Waals surface area contributed by atoms with Crippen molar-refractivity contribution in [2.45, 2.75) is 12.8 Å². The first-order valence-electron chi connectivity index (χ1n) is 15.7. The van der Waals surface area contributed by atoms with E-state index in [1.165, 1.54) is 99.7 Å². The van der Waals surface area contributed by atoms with Crippen molar-refractivity contribution in [3.8, 4) is 27.9 Å². The van der Waals surface area contributed by atoms with Crippen LogP contribution in [0.2, 0.25) is 0 Å². The van der Waals surface area contributed by atoms with Crippen LogP contribution in [0.4, 0.5) is 0 Å². The fourth-order valence-electron chi connectivity index (χ4n) is 7.55. The molecular formula is C42H29NP2. The Bertz CT molecular complexity index is 2610. The Balaban J connectivity index is 1.10. The highest BCUT2D eigenvalue weighted by atomic mass is 31.0. The van der Waals surface area contributed by atoms with Gasteiger partial charge in [0.2, 0.25) is 0 Å². The maximum absolute atomic E-state index is 2.43. The third-order valence-corrected chi connectivity index (χ3v) is 12.7. The molecule has 9 aromatic rings. The molecule has 0 amide bonds. The van der Waals surface area contributed by atoms with E-state index in [1.807, 2.05) is 0 Å². The van der Waals surface area contributed by atoms with Crippen LogP contribution in [-0.2, 0) is 6.42 Å². The summed E-state index contributed by atoms with van der Waals surface area (Å²) in [7, 11) is 1.52. The number of benzene rings is 6. The molecule has 0 N–H and O–H groups in total. The summed E-state index contributed by atoms with van der Waals surface area (Å²) in [6, 6.07) is 47.9. The molecule has 6 aromatic carbocycles. The predicted molar refractivity (Wildman–Crippen MR) is 201 cm³/mol. The molecule has 0 fully saturated rings. The zero-order valence-corrected chi connectivity index (χ0v) is 26.6. The van der Waals surface area contributed by atoms with Gasteiger partial charge in [-0.1, -0.05) is 78.9 Å². The number of para-hydroxylation sites is 2. The monoisotopic (exact) mass is 609 g/mol. The number of aryl methyl sites for hydroxylation is 1. The van der Waals surface area contributed by atoms with Crippen LogP contribution in [0.1, 0.15) is 17.3 Å². The summed E-state index contributed by atoms with van der Waals surface area (Å²) in [5, 5.41) is 12.8. The van der Waals surface area contributed by atoms with Crippen molar-refractivity contribution in [3.63, 3.8) is 0 Å². The van der Waals surface area contributed by atoms with E-state index in [1.54, 1.807) is 5.30 Å². The number of fused-ring (bicyclic) bond motifs is 9. The van der Waals surface area contributed by atoms with E-state index in [0.717, 1.165) is 8.19 Å². The molecule has 10 rings (SSSR count). The van der Waals surface area contributed by atoms with Crippen molar-refractivity contribution < 1.29 is 0 Å². The number of hydrogen-bond donors (Lipinski definition) is 0. The predicted octanol–water partition coefficient (Wildman–Crippen LogP) is 12.6. The Kier molecular flexibility index (Phi) is 5.59. The average molecular weight is 610 g/mol. The molecular weight excluding hydrogens is 580 g/mol. The largest absolute Gasteiger partial charge is 0.309 e. The second-order valence-electron chi connectivity index (χ2n) is 12.3. The minimum atomic E-state index is 0.689. The standard InChI is InChI=1S/C42H29NP2/c1-4-13-37-31(10-1)32-11-2-5-14-38(32)43(37)30-18-21-42-36(25-30)35-24-29(17-20-41(35)45-42)27-9-7-8-26(22-27)28-16-19-40-34(23-28)33-12-3-6-15-39(33)44-40/h1-5,7-14,16-25,44-45H,6,15H2. The van der Waals surface area contributed by atoms with Crippen molar-refractivity contribution in [2.24, 2.45) is 0 Å². The SMILES string of the molecule is C1=Cc2c([pH]c3ccc(-c4cccc(-c5ccc6[pH]c7ccc(-n8c9ccccc9c9ccccc98)cc7c6c5)c4)cc23)CC1. The van der Waals surface area contributed by atoms with E-state index in [4.69, 9.17) is 0 Å². The molecule has 212 valence electrons. The zero-order chi connectivity index (χ0) is 29.5. The van der Waals surface area contributed by atoms with Gasteiger partial charge in [-0.05, 0) is 138 Å². The number of hydrogen-bond acceptors (Lipinski definition) is 0. The van der Waals surface area contributed by atoms with Crippen LogP contribution < -0.4 is 0 Å². The highest BCUT2D eigenvalue weighted by molar-refractivity contribution is 7.43. The van der Waals surface area contributed by atoms with Crippen LogP contribution >= 0.6 is 16.4 Å². The second-order valence-corrected chi connectivity index (χ2v) is 15.0. The topological polar surface area (TPSA) is 4.93 Å². The summed E-state index contributed by atoms with van der Waals surface area (Å²) in [4.78, 5) is 0. The number of allylic oxidation sites excluding steroid dienone is 1. The molecule has 0 saturated carbocycles. The third-order valence-electron chi connectivity index (χ3n) is 9.72. The van der Waals surface area contributed by atoms with Gasteiger partial charge < -0.3 is 4.57 Å². The van der Waals surface area contributed by atoms with Gasteiger partial charge in [-0.2, -0.15) is 0 Å². The molecule has 2 unspecified atom stereocenters. The summed E-state index contributed by atoms with van der Waals surface area (Å²) < 4.78 is 2.43. The molecule has 0 spiro atoms. The quantitative estimate of drug-likeness (QED) is 0.188. The molecule has 1 nitrogen and oxygen atoms in total. The average Bonchev–Trinajstić information content (AvgIpc) is 3.77. The van der Waals surface area contributed by atoms with Crippen molar-refractivity contribution in [3.05, 3.63) is 144 Å². The molecule has 3 heterocycles. The summed E-state index contributed by atoms with van der Waals surface area (Å²) in [6.45, 7) is 0. The summed E-state index contributed by atoms with van der Waals surface area (Å²) in [6.07, 6.45) is 7.09. The molecule has 1 aliphatic rings. The van der Waals surface area contributed by atoms with Gasteiger partial charge in [0.05, 0.1) is 11.0 Å². The Morgan fingerprint density at radius 1 is 0.467 bits per heavy atom. The molecule has 3 heteroatoms. The van der Waals surface area contributed by atoms with Crippen molar-refractivity contribution in [2.75, 3.05) is 0 Å². The molecule has 0 bridgehead atoms. The Hall–Kier alpha value is -4.80. The van der Waals surface area contributed by atoms with Gasteiger partial charge in [-0.25, -0.2) is 0 Å². The van der Waals surface area contributed by atoms with Crippen LogP contribution in [0.5, 0.6) is 0 Å². The van der Waals surface area contributed by atoms with Crippen LogP contribution in [0.3, 0.4) is 0 Å². The fourth-order valence-corrected chi connectivity index (χ4v) is 10.3. The maximum atomic E-state index is 2.43. The molecule has 2 atom stereocenters. The van der Waals surface area contributed by atoms with E-state index in [0.29, 0.717) is 8.19 Å². The first-order chi connectivity index (χ1) is 22.3. The van der Waals surface area contributed by atoms with E-state index in [-0.39, 0.29) is 0 Å². The molecule has 0 saturated heterocycles. The van der Waals surface area contributed by atoms with Crippen molar-refractivity contribution in [1.82, 2.24) is 4.57 Å². The van der Waals surface area contributed by atoms with E-state index in [2.05, 4.69) is 144 Å². The highest BCUT2D eigenvalue weighted by Crippen LogP contribution is 2.43. The van der Waals surface area contributed by atoms with Crippen LogP contribution in [0.15, 0.2) is 133 Å². The molecule has 45 heavy (non-hydrogen) atoms. The molecule has 1 aliphatic carbocycles. The van der Waals surface area contributed by atoms with Crippen molar-refractivity contribution >= 4 is 75.8 Å². The Morgan fingerprint density at radius 2 is 1.07 bits per heavy atom. The number of nitrogens with zero attached hydrogens (tertiary/aromatic N) is 1. The summed E-state index contributed by atoms with van der Waals surface area (Å²) in [5.74, 6) is 0. The van der Waals surface area contributed by atoms with Gasteiger partial charge in [0.1, 0.15) is 0 Å². The number of rotatable bonds is 3. The normalized spacial score (nSPS) is 13.4. The third kappa shape index (κ3) is 3.95. The van der Waals surface area contributed by atoms with Crippen LogP contribution in [0, 0.1) is 0 Å². The van der Waals surface area contributed by atoms with Crippen molar-refractivity contribution in [1.29, 1.82) is 0 Å². The summed E-state index contributed by atoms with van der Waals surface area (Å²) >= 11 is 0. The fraction of sp³-hybridized carbons (Fsp3) is 0.0476. The van der Waals surface area contributed by atoms with Gasteiger partial charge >= 0.3 is 0 Å². The first-order valence-corrected chi connectivity index (χ1v) is 17.7. The molecule has 0 aliphatic heterocycles. The zero-order valence-electron chi connectivity index (χ0n) is 24.6. The first kappa shape index (κ1) is 25.5. The number of aromatic nitrogens is 1. The lowest BCUT2D eigenvalue weighted by Crippen LogP contribution is -1.93. The van der Waals surface area contributed by atoms with E-state index >= 15 is 0 Å². The second kappa shape index (κ2) is 9.85. The van der Waals surface area contributed by atoms with Crippen LogP contribution in [0.25, 0.3) is 87.3 Å². The summed E-state index contributed by atoms with van der Waals surface area (Å²) in [5.41, 5.74) is 10.3. The van der Waals surface area contributed by atoms with Gasteiger partial charge in [0.25, 0.3) is 0 Å². The van der Waals surface area contributed by atoms with Crippen LogP contribution in [-0.4, -0.2) is 4.57 Å². The minimum absolute atomic E-state index is 0.689. The van der Waals surface area contributed by atoms with Gasteiger partial charge in [-0.15, -0.1) is 16.4 Å². The highest BCUT2D eigenvalue weighted by Gasteiger charge is 2.15. The minimum Gasteiger partial charge on any atom is -0.309 e. The van der Waals surface area contributed by atoms with Gasteiger partial charge in [0.15, 0.2) is 0 Å². The Morgan fingerprint density at radius 3 is 1.80 bits per heavy atom. The lowest BCUT2D eigenvalue weighted by atomic mass is 9.96. The smallest absolute Gasteiger partial charge is 0.0541 e. The molecule has 0 radical (unpaired) electrons. The van der Waals surface area contributed by atoms with Gasteiger partial charge in [0, 0.05) is 16.5 Å².